The molecule has 4 heteroatoms. The largest absolute Gasteiger partial charge is 0.303 e. The molecule has 94 valence electrons. The average Bonchev–Trinajstić information content (AvgIpc) is 2.57. The van der Waals surface area contributed by atoms with Crippen molar-refractivity contribution in [1.29, 1.82) is 5.26 Å². The molecule has 0 aromatic carbocycles. The highest BCUT2D eigenvalue weighted by molar-refractivity contribution is 5.22. The van der Waals surface area contributed by atoms with Gasteiger partial charge >= 0.3 is 0 Å². The van der Waals surface area contributed by atoms with Crippen LogP contribution in [0.15, 0.2) is 0 Å². The van der Waals surface area contributed by atoms with E-state index in [0.29, 0.717) is 0 Å². The topological polar surface area (TPSA) is 53.6 Å². The van der Waals surface area contributed by atoms with Gasteiger partial charge in [-0.15, -0.1) is 0 Å². The van der Waals surface area contributed by atoms with Gasteiger partial charge in [0.25, 0.3) is 0 Å². The Bertz CT molecular complexity index is 427. The molecule has 0 radical (unpaired) electrons. The lowest BCUT2D eigenvalue weighted by molar-refractivity contribution is 0.413. The van der Waals surface area contributed by atoms with Crippen LogP contribution in [0.25, 0.3) is 0 Å². The molecule has 1 heterocycles. The minimum Gasteiger partial charge on any atom is -0.303 e. The Balaban J connectivity index is 2.58. The Morgan fingerprint density at radius 1 is 1.41 bits per heavy atom. The van der Waals surface area contributed by atoms with Gasteiger partial charge in [-0.25, -0.2) is 0 Å². The number of aryl methyl sites for hydroxylation is 2. The summed E-state index contributed by atoms with van der Waals surface area (Å²) in [5, 5.41) is 16.6. The second-order valence-electron chi connectivity index (χ2n) is 4.82. The van der Waals surface area contributed by atoms with Crippen molar-refractivity contribution in [2.24, 2.45) is 0 Å². The van der Waals surface area contributed by atoms with Gasteiger partial charge in [0.05, 0.1) is 11.8 Å². The van der Waals surface area contributed by atoms with Gasteiger partial charge in [-0.1, -0.05) is 0 Å². The van der Waals surface area contributed by atoms with Crippen LogP contribution in [0.2, 0.25) is 0 Å². The van der Waals surface area contributed by atoms with Crippen molar-refractivity contribution >= 4 is 0 Å². The van der Waals surface area contributed by atoms with Crippen LogP contribution in [-0.4, -0.2) is 22.4 Å². The summed E-state index contributed by atoms with van der Waals surface area (Å²) in [6.45, 7) is 9.03. The average molecular weight is 234 g/mol. The Morgan fingerprint density at radius 3 is 2.47 bits per heavy atom. The summed E-state index contributed by atoms with van der Waals surface area (Å²) in [5.41, 5.74) is 3.16. The highest BCUT2D eigenvalue weighted by Crippen LogP contribution is 2.14. The first-order chi connectivity index (χ1) is 7.93. The van der Waals surface area contributed by atoms with Gasteiger partial charge in [0.2, 0.25) is 0 Å². The Morgan fingerprint density at radius 2 is 2.06 bits per heavy atom. The van der Waals surface area contributed by atoms with Crippen molar-refractivity contribution in [3.8, 4) is 6.07 Å². The summed E-state index contributed by atoms with van der Waals surface area (Å²) in [6, 6.07) is 2.30. The minimum atomic E-state index is -0.425. The molecule has 4 nitrogen and oxygen atoms in total. The number of hydrogen-bond donors (Lipinski definition) is 1. The zero-order valence-corrected chi connectivity index (χ0v) is 11.5. The molecule has 0 amide bonds. The first kappa shape index (κ1) is 13.7. The smallest absolute Gasteiger partial charge is 0.103 e. The fourth-order valence-electron chi connectivity index (χ4n) is 1.82. The monoisotopic (exact) mass is 234 g/mol. The molecule has 0 aliphatic carbocycles. The molecule has 1 aromatic heterocycles. The van der Waals surface area contributed by atoms with Gasteiger partial charge in [0.15, 0.2) is 0 Å². The zero-order chi connectivity index (χ0) is 13.1. The summed E-state index contributed by atoms with van der Waals surface area (Å²) >= 11 is 0. The van der Waals surface area contributed by atoms with E-state index in [1.54, 1.807) is 0 Å². The fraction of sp³-hybridized carbons (Fsp3) is 0.692. The maximum Gasteiger partial charge on any atom is 0.103 e. The van der Waals surface area contributed by atoms with Crippen LogP contribution in [0.5, 0.6) is 0 Å². The third kappa shape index (κ3) is 3.07. The molecule has 0 aliphatic rings. The minimum absolute atomic E-state index is 0.425. The van der Waals surface area contributed by atoms with Crippen LogP contribution in [0.4, 0.5) is 0 Å². The lowest BCUT2D eigenvalue weighted by Crippen LogP contribution is -2.38. The maximum atomic E-state index is 9.05. The molecular weight excluding hydrogens is 212 g/mol. The van der Waals surface area contributed by atoms with Crippen molar-refractivity contribution in [1.82, 2.24) is 15.1 Å². The van der Waals surface area contributed by atoms with Gasteiger partial charge in [0.1, 0.15) is 5.54 Å². The maximum absolute atomic E-state index is 9.05. The van der Waals surface area contributed by atoms with E-state index in [-0.39, 0.29) is 0 Å². The lowest BCUT2D eigenvalue weighted by atomic mass is 9.98. The van der Waals surface area contributed by atoms with Gasteiger partial charge in [-0.2, -0.15) is 10.4 Å². The standard InChI is InChI=1S/C13H22N4/c1-10-11(2)16-17(12(10)3)8-6-7-13(4,9-14)15-5/h15H,6-8H2,1-5H3. The molecule has 0 saturated heterocycles. The van der Waals surface area contributed by atoms with E-state index >= 15 is 0 Å². The van der Waals surface area contributed by atoms with Gasteiger partial charge < -0.3 is 5.32 Å². The molecule has 0 bridgehead atoms. The molecule has 1 unspecified atom stereocenters. The fourth-order valence-corrected chi connectivity index (χ4v) is 1.82. The Hall–Kier alpha value is -1.34. The summed E-state index contributed by atoms with van der Waals surface area (Å²) in [5.74, 6) is 0. The molecule has 0 fully saturated rings. The molecular formula is C13H22N4. The predicted octanol–water partition coefficient (Wildman–Crippen LogP) is 2.09. The third-order valence-corrected chi connectivity index (χ3v) is 3.59. The van der Waals surface area contributed by atoms with Crippen molar-refractivity contribution in [3.63, 3.8) is 0 Å². The zero-order valence-electron chi connectivity index (χ0n) is 11.5. The SMILES string of the molecule is CNC(C)(C#N)CCCn1nc(C)c(C)c1C. The molecule has 1 aromatic rings. The van der Waals surface area contributed by atoms with Crippen molar-refractivity contribution in [2.45, 2.75) is 52.6 Å². The summed E-state index contributed by atoms with van der Waals surface area (Å²) in [6.07, 6.45) is 1.78. The Kier molecular flexibility index (Phi) is 4.30. The number of nitrogens with zero attached hydrogens (tertiary/aromatic N) is 3. The quantitative estimate of drug-likeness (QED) is 0.848. The van der Waals surface area contributed by atoms with Crippen LogP contribution < -0.4 is 5.32 Å². The predicted molar refractivity (Wildman–Crippen MR) is 68.7 cm³/mol. The first-order valence-corrected chi connectivity index (χ1v) is 6.04. The number of aromatic nitrogens is 2. The number of nitriles is 1. The van der Waals surface area contributed by atoms with Crippen molar-refractivity contribution < 1.29 is 0 Å². The molecule has 1 atom stereocenters. The summed E-state index contributed by atoms with van der Waals surface area (Å²) < 4.78 is 2.04. The van der Waals surface area contributed by atoms with E-state index < -0.39 is 5.54 Å². The molecule has 0 spiro atoms. The van der Waals surface area contributed by atoms with Gasteiger partial charge in [0, 0.05) is 12.2 Å². The second-order valence-corrected chi connectivity index (χ2v) is 4.82. The van der Waals surface area contributed by atoms with Crippen LogP contribution in [0.3, 0.4) is 0 Å². The highest BCUT2D eigenvalue weighted by Gasteiger charge is 2.20. The van der Waals surface area contributed by atoms with Crippen LogP contribution in [-0.2, 0) is 6.54 Å². The number of nitrogens with one attached hydrogen (secondary N) is 1. The highest BCUT2D eigenvalue weighted by atomic mass is 15.3. The molecule has 1 N–H and O–H groups in total. The molecule has 0 saturated carbocycles. The van der Waals surface area contributed by atoms with Gasteiger partial charge in [-0.3, -0.25) is 4.68 Å². The lowest BCUT2D eigenvalue weighted by Gasteiger charge is -2.20. The van der Waals surface area contributed by atoms with E-state index in [1.807, 2.05) is 25.6 Å². The van der Waals surface area contributed by atoms with Crippen LogP contribution in [0.1, 0.15) is 36.7 Å². The molecule has 0 aliphatic heterocycles. The second kappa shape index (κ2) is 5.33. The van der Waals surface area contributed by atoms with Crippen LogP contribution in [0, 0.1) is 32.1 Å². The Labute approximate surface area is 104 Å². The van der Waals surface area contributed by atoms with Gasteiger partial charge in [-0.05, 0) is 53.1 Å². The first-order valence-electron chi connectivity index (χ1n) is 6.04. The summed E-state index contributed by atoms with van der Waals surface area (Å²) in [4.78, 5) is 0. The number of hydrogen-bond acceptors (Lipinski definition) is 3. The van der Waals surface area contributed by atoms with Crippen molar-refractivity contribution in [3.05, 3.63) is 17.0 Å². The van der Waals surface area contributed by atoms with E-state index in [4.69, 9.17) is 5.26 Å². The molecule has 17 heavy (non-hydrogen) atoms. The van der Waals surface area contributed by atoms with E-state index in [9.17, 15) is 0 Å². The number of rotatable bonds is 5. The van der Waals surface area contributed by atoms with Crippen molar-refractivity contribution in [2.75, 3.05) is 7.05 Å². The van der Waals surface area contributed by atoms with E-state index in [1.165, 1.54) is 11.3 Å². The molecule has 1 rings (SSSR count). The summed E-state index contributed by atoms with van der Waals surface area (Å²) in [7, 11) is 1.83. The normalized spacial score (nSPS) is 14.4. The van der Waals surface area contributed by atoms with E-state index in [0.717, 1.165) is 25.1 Å². The third-order valence-electron chi connectivity index (χ3n) is 3.59. The van der Waals surface area contributed by atoms with Crippen LogP contribution >= 0.6 is 0 Å². The van der Waals surface area contributed by atoms with E-state index in [2.05, 4.69) is 30.3 Å².